The number of amides is 2. The van der Waals surface area contributed by atoms with Crippen LogP contribution in [0.2, 0.25) is 0 Å². The van der Waals surface area contributed by atoms with Crippen molar-refractivity contribution in [2.75, 3.05) is 43.5 Å². The topological polar surface area (TPSA) is 92.6 Å². The third-order valence-corrected chi connectivity index (χ3v) is 4.16. The molecule has 138 valence electrons. The highest BCUT2D eigenvalue weighted by Crippen LogP contribution is 2.11. The largest absolute Gasteiger partial charge is 0.373 e. The van der Waals surface area contributed by atoms with Gasteiger partial charge in [0.2, 0.25) is 0 Å². The monoisotopic (exact) mass is 358 g/mol. The number of pyridine rings is 1. The Kier molecular flexibility index (Phi) is 5.47. The molecule has 0 radical (unpaired) electrons. The Labute approximate surface area is 151 Å². The smallest absolute Gasteiger partial charge is 0.323 e. The number of carbonyl (C=O) groups excluding carboxylic acids is 1. The number of aryl methyl sites for hydroxylation is 1. The van der Waals surface area contributed by atoms with E-state index in [1.807, 2.05) is 6.07 Å². The summed E-state index contributed by atoms with van der Waals surface area (Å²) in [5, 5.41) is 2.77. The summed E-state index contributed by atoms with van der Waals surface area (Å²) in [7, 11) is 3.47. The number of hydrogen-bond donors (Lipinski definition) is 1. The fourth-order valence-electron chi connectivity index (χ4n) is 2.78. The van der Waals surface area contributed by atoms with Crippen molar-refractivity contribution in [3.63, 3.8) is 0 Å². The quantitative estimate of drug-likeness (QED) is 0.858. The predicted octanol–water partition coefficient (Wildman–Crippen LogP) is 0.544. The van der Waals surface area contributed by atoms with Gasteiger partial charge in [-0.25, -0.2) is 14.8 Å². The number of nitrogens with one attached hydrogen (secondary N) is 1. The zero-order valence-electron chi connectivity index (χ0n) is 14.8. The molecule has 0 saturated carbocycles. The van der Waals surface area contributed by atoms with Crippen molar-refractivity contribution in [2.24, 2.45) is 7.05 Å². The van der Waals surface area contributed by atoms with Crippen LogP contribution in [0.4, 0.5) is 16.4 Å². The van der Waals surface area contributed by atoms with Crippen molar-refractivity contribution in [3.8, 4) is 0 Å². The fourth-order valence-corrected chi connectivity index (χ4v) is 2.78. The van der Waals surface area contributed by atoms with Gasteiger partial charge in [-0.3, -0.25) is 10.1 Å². The molecule has 1 saturated heterocycles. The summed E-state index contributed by atoms with van der Waals surface area (Å²) < 4.78 is 7.23. The molecule has 3 heterocycles. The van der Waals surface area contributed by atoms with E-state index in [9.17, 15) is 9.59 Å². The Balaban J connectivity index is 1.60. The first-order chi connectivity index (χ1) is 12.5. The lowest BCUT2D eigenvalue weighted by Gasteiger charge is -2.34. The Morgan fingerprint density at radius 3 is 3.00 bits per heavy atom. The molecule has 0 bridgehead atoms. The molecule has 2 amide bonds. The summed E-state index contributed by atoms with van der Waals surface area (Å²) in [5.41, 5.74) is -0.171. The van der Waals surface area contributed by atoms with Gasteiger partial charge in [-0.1, -0.05) is 6.07 Å². The van der Waals surface area contributed by atoms with Crippen molar-refractivity contribution in [1.82, 2.24) is 19.4 Å². The molecule has 9 heteroatoms. The second-order valence-electron chi connectivity index (χ2n) is 6.13. The average Bonchev–Trinajstić information content (AvgIpc) is 2.65. The van der Waals surface area contributed by atoms with Gasteiger partial charge in [0, 0.05) is 45.8 Å². The fraction of sp³-hybridized carbons (Fsp3) is 0.412. The van der Waals surface area contributed by atoms with E-state index in [2.05, 4.69) is 15.3 Å². The van der Waals surface area contributed by atoms with Gasteiger partial charge in [-0.15, -0.1) is 0 Å². The predicted molar refractivity (Wildman–Crippen MR) is 97.3 cm³/mol. The van der Waals surface area contributed by atoms with Crippen LogP contribution in [0.3, 0.4) is 0 Å². The van der Waals surface area contributed by atoms with Gasteiger partial charge in [-0.05, 0) is 12.1 Å². The molecule has 1 N–H and O–H groups in total. The second-order valence-corrected chi connectivity index (χ2v) is 6.13. The second kappa shape index (κ2) is 7.96. The Hall–Kier alpha value is -2.94. The van der Waals surface area contributed by atoms with Crippen LogP contribution in [0.5, 0.6) is 0 Å². The highest BCUT2D eigenvalue weighted by molar-refractivity contribution is 5.88. The van der Waals surface area contributed by atoms with E-state index in [0.29, 0.717) is 37.9 Å². The van der Waals surface area contributed by atoms with Gasteiger partial charge in [0.05, 0.1) is 19.3 Å². The molecule has 1 fully saturated rings. The number of hydrogen-bond acceptors (Lipinski definition) is 6. The zero-order chi connectivity index (χ0) is 18.5. The van der Waals surface area contributed by atoms with Crippen LogP contribution in [0.25, 0.3) is 0 Å². The van der Waals surface area contributed by atoms with Crippen molar-refractivity contribution in [3.05, 3.63) is 47.1 Å². The van der Waals surface area contributed by atoms with Crippen LogP contribution in [0.1, 0.15) is 0 Å². The Morgan fingerprint density at radius 1 is 1.38 bits per heavy atom. The number of anilines is 2. The Bertz CT molecular complexity index is 810. The van der Waals surface area contributed by atoms with Gasteiger partial charge in [-0.2, -0.15) is 0 Å². The minimum absolute atomic E-state index is 0.171. The summed E-state index contributed by atoms with van der Waals surface area (Å²) in [5.74, 6) is 0.864. The van der Waals surface area contributed by atoms with Gasteiger partial charge >= 0.3 is 6.03 Å². The zero-order valence-corrected chi connectivity index (χ0v) is 14.8. The number of nitrogens with zero attached hydrogens (tertiary/aromatic N) is 5. The maximum Gasteiger partial charge on any atom is 0.323 e. The SMILES string of the molecule is CN(C[C@@H]1CN(C(=O)Nc2ccccn2)CCO1)c1nccn(C)c1=O. The van der Waals surface area contributed by atoms with E-state index in [1.165, 1.54) is 4.57 Å². The van der Waals surface area contributed by atoms with Crippen LogP contribution in [-0.4, -0.2) is 64.9 Å². The van der Waals surface area contributed by atoms with Crippen molar-refractivity contribution in [2.45, 2.75) is 6.10 Å². The third kappa shape index (κ3) is 4.17. The van der Waals surface area contributed by atoms with Gasteiger partial charge in [0.1, 0.15) is 5.82 Å². The van der Waals surface area contributed by atoms with E-state index >= 15 is 0 Å². The maximum absolute atomic E-state index is 12.4. The minimum Gasteiger partial charge on any atom is -0.373 e. The first kappa shape index (κ1) is 17.9. The highest BCUT2D eigenvalue weighted by atomic mass is 16.5. The van der Waals surface area contributed by atoms with Crippen molar-refractivity contribution < 1.29 is 9.53 Å². The lowest BCUT2D eigenvalue weighted by molar-refractivity contribution is -0.00716. The van der Waals surface area contributed by atoms with Gasteiger partial charge in [0.25, 0.3) is 5.56 Å². The highest BCUT2D eigenvalue weighted by Gasteiger charge is 2.26. The number of ether oxygens (including phenoxy) is 1. The minimum atomic E-state index is -0.214. The molecule has 26 heavy (non-hydrogen) atoms. The number of morpholine rings is 1. The van der Waals surface area contributed by atoms with Crippen LogP contribution < -0.4 is 15.8 Å². The van der Waals surface area contributed by atoms with E-state index in [1.54, 1.807) is 54.6 Å². The summed E-state index contributed by atoms with van der Waals surface area (Å²) in [6, 6.07) is 5.12. The Morgan fingerprint density at radius 2 is 2.23 bits per heavy atom. The maximum atomic E-state index is 12.4. The average molecular weight is 358 g/mol. The summed E-state index contributed by atoms with van der Waals surface area (Å²) in [6.07, 6.45) is 4.61. The van der Waals surface area contributed by atoms with Gasteiger partial charge in [0.15, 0.2) is 5.82 Å². The third-order valence-electron chi connectivity index (χ3n) is 4.16. The number of rotatable bonds is 4. The molecule has 1 atom stereocenters. The standard InChI is InChI=1S/C17H22N6O3/c1-21-8-7-19-15(16(21)24)22(2)11-13-12-23(9-10-26-13)17(25)20-14-5-3-4-6-18-14/h3-8,13H,9-12H2,1-2H3,(H,18,20,25)/t13-/m1/s1. The van der Waals surface area contributed by atoms with E-state index in [-0.39, 0.29) is 17.7 Å². The molecule has 2 aromatic heterocycles. The van der Waals surface area contributed by atoms with E-state index < -0.39 is 0 Å². The number of likely N-dealkylation sites (N-methyl/N-ethyl adjacent to an activating group) is 1. The number of aromatic nitrogens is 3. The lowest BCUT2D eigenvalue weighted by Crippen LogP contribution is -2.51. The summed E-state index contributed by atoms with van der Waals surface area (Å²) in [4.78, 5) is 36.3. The van der Waals surface area contributed by atoms with Crippen molar-refractivity contribution >= 4 is 17.7 Å². The molecule has 0 aromatic carbocycles. The van der Waals surface area contributed by atoms with Gasteiger partial charge < -0.3 is 19.1 Å². The molecular weight excluding hydrogens is 336 g/mol. The first-order valence-corrected chi connectivity index (χ1v) is 8.36. The van der Waals surface area contributed by atoms with Crippen LogP contribution in [0, 0.1) is 0 Å². The summed E-state index contributed by atoms with van der Waals surface area (Å²) in [6.45, 7) is 1.83. The van der Waals surface area contributed by atoms with Crippen LogP contribution in [-0.2, 0) is 11.8 Å². The summed E-state index contributed by atoms with van der Waals surface area (Å²) >= 11 is 0. The molecule has 2 aromatic rings. The molecule has 1 aliphatic rings. The van der Waals surface area contributed by atoms with Crippen LogP contribution in [0.15, 0.2) is 41.6 Å². The van der Waals surface area contributed by atoms with Crippen LogP contribution >= 0.6 is 0 Å². The molecule has 0 unspecified atom stereocenters. The molecule has 9 nitrogen and oxygen atoms in total. The molecular formula is C17H22N6O3. The van der Waals surface area contributed by atoms with Crippen molar-refractivity contribution in [1.29, 1.82) is 0 Å². The number of urea groups is 1. The van der Waals surface area contributed by atoms with E-state index in [0.717, 1.165) is 0 Å². The molecule has 0 spiro atoms. The number of carbonyl (C=O) groups is 1. The lowest BCUT2D eigenvalue weighted by atomic mass is 10.2. The van der Waals surface area contributed by atoms with E-state index in [4.69, 9.17) is 4.74 Å². The molecule has 3 rings (SSSR count). The first-order valence-electron chi connectivity index (χ1n) is 8.36. The molecule has 1 aliphatic heterocycles. The normalized spacial score (nSPS) is 17.0. The molecule has 0 aliphatic carbocycles.